The molecule has 1 atom stereocenters. The van der Waals surface area contributed by atoms with Crippen molar-refractivity contribution in [2.45, 2.75) is 52.5 Å². The summed E-state index contributed by atoms with van der Waals surface area (Å²) in [6.07, 6.45) is 5.19. The highest BCUT2D eigenvalue weighted by molar-refractivity contribution is 4.69. The Morgan fingerprint density at radius 2 is 1.71 bits per heavy atom. The molecule has 0 radical (unpaired) electrons. The van der Waals surface area contributed by atoms with Gasteiger partial charge in [-0.3, -0.25) is 4.90 Å². The van der Waals surface area contributed by atoms with Gasteiger partial charge in [-0.1, -0.05) is 26.7 Å². The van der Waals surface area contributed by atoms with Crippen LogP contribution >= 0.6 is 0 Å². The Morgan fingerprint density at radius 3 is 2.18 bits per heavy atom. The molecule has 0 bridgehead atoms. The van der Waals surface area contributed by atoms with Crippen LogP contribution in [0, 0.1) is 0 Å². The third kappa shape index (κ3) is 9.57. The molecule has 0 saturated heterocycles. The van der Waals surface area contributed by atoms with Crippen molar-refractivity contribution in [3.63, 3.8) is 0 Å². The first kappa shape index (κ1) is 16.9. The molecule has 0 saturated carbocycles. The maximum atomic E-state index is 5.04. The van der Waals surface area contributed by atoms with Gasteiger partial charge in [0.15, 0.2) is 0 Å². The second-order valence-electron chi connectivity index (χ2n) is 4.79. The Kier molecular flexibility index (Phi) is 12.3. The summed E-state index contributed by atoms with van der Waals surface area (Å²) in [7, 11) is 1.75. The van der Waals surface area contributed by atoms with Crippen molar-refractivity contribution in [3.05, 3.63) is 0 Å². The van der Waals surface area contributed by atoms with E-state index in [1.54, 1.807) is 7.11 Å². The van der Waals surface area contributed by atoms with Gasteiger partial charge in [0.05, 0.1) is 6.61 Å². The predicted molar refractivity (Wildman–Crippen MR) is 75.6 cm³/mol. The molecule has 0 rings (SSSR count). The third-order valence-electron chi connectivity index (χ3n) is 3.14. The van der Waals surface area contributed by atoms with E-state index >= 15 is 0 Å². The number of rotatable bonds is 12. The summed E-state index contributed by atoms with van der Waals surface area (Å²) in [5.41, 5.74) is 0. The fraction of sp³-hybridized carbons (Fsp3) is 1.00. The van der Waals surface area contributed by atoms with E-state index in [9.17, 15) is 0 Å². The molecule has 0 aliphatic heterocycles. The summed E-state index contributed by atoms with van der Waals surface area (Å²) in [4.78, 5) is 2.62. The van der Waals surface area contributed by atoms with Crippen LogP contribution in [0.15, 0.2) is 0 Å². The highest BCUT2D eigenvalue weighted by Crippen LogP contribution is 2.04. The highest BCUT2D eigenvalue weighted by Gasteiger charge is 2.11. The largest absolute Gasteiger partial charge is 0.383 e. The van der Waals surface area contributed by atoms with Crippen molar-refractivity contribution >= 4 is 0 Å². The topological polar surface area (TPSA) is 24.5 Å². The van der Waals surface area contributed by atoms with Crippen LogP contribution in [-0.2, 0) is 4.74 Å². The lowest BCUT2D eigenvalue weighted by molar-refractivity contribution is 0.179. The second kappa shape index (κ2) is 12.3. The summed E-state index contributed by atoms with van der Waals surface area (Å²) in [6.45, 7) is 12.2. The normalized spacial score (nSPS) is 13.2. The summed E-state index contributed by atoms with van der Waals surface area (Å²) >= 11 is 0. The van der Waals surface area contributed by atoms with Gasteiger partial charge < -0.3 is 10.1 Å². The number of nitrogens with one attached hydrogen (secondary N) is 1. The quantitative estimate of drug-likeness (QED) is 0.534. The molecule has 0 aromatic heterocycles. The van der Waals surface area contributed by atoms with Crippen molar-refractivity contribution in [2.24, 2.45) is 0 Å². The first-order valence-corrected chi connectivity index (χ1v) is 7.19. The number of nitrogens with zero attached hydrogens (tertiary/aromatic N) is 1. The molecule has 0 aromatic rings. The van der Waals surface area contributed by atoms with E-state index in [1.807, 2.05) is 0 Å². The van der Waals surface area contributed by atoms with Crippen LogP contribution in [0.3, 0.4) is 0 Å². The monoisotopic (exact) mass is 244 g/mol. The summed E-state index contributed by atoms with van der Waals surface area (Å²) in [5, 5.41) is 3.45. The molecule has 3 heteroatoms. The first-order chi connectivity index (χ1) is 8.26. The molecule has 0 heterocycles. The Labute approximate surface area is 108 Å². The lowest BCUT2D eigenvalue weighted by Crippen LogP contribution is -2.42. The zero-order valence-corrected chi connectivity index (χ0v) is 12.3. The van der Waals surface area contributed by atoms with Crippen molar-refractivity contribution in [1.29, 1.82) is 0 Å². The Morgan fingerprint density at radius 1 is 1.12 bits per heavy atom. The van der Waals surface area contributed by atoms with Gasteiger partial charge in [0.1, 0.15) is 0 Å². The van der Waals surface area contributed by atoms with Crippen LogP contribution in [0.25, 0.3) is 0 Å². The van der Waals surface area contributed by atoms with Crippen molar-refractivity contribution in [3.8, 4) is 0 Å². The van der Waals surface area contributed by atoms with Gasteiger partial charge in [0.25, 0.3) is 0 Å². The van der Waals surface area contributed by atoms with Crippen molar-refractivity contribution < 1.29 is 4.74 Å². The predicted octanol–water partition coefficient (Wildman–Crippen LogP) is 2.51. The van der Waals surface area contributed by atoms with Crippen LogP contribution < -0.4 is 5.32 Å². The van der Waals surface area contributed by atoms with Gasteiger partial charge in [-0.2, -0.15) is 0 Å². The molecular weight excluding hydrogens is 212 g/mol. The van der Waals surface area contributed by atoms with Gasteiger partial charge in [0.2, 0.25) is 0 Å². The Hall–Kier alpha value is -0.120. The zero-order valence-electron chi connectivity index (χ0n) is 12.3. The molecule has 17 heavy (non-hydrogen) atoms. The maximum Gasteiger partial charge on any atom is 0.0587 e. The molecule has 1 N–H and O–H groups in total. The molecule has 0 fully saturated rings. The summed E-state index contributed by atoms with van der Waals surface area (Å²) in [5.74, 6) is 0. The summed E-state index contributed by atoms with van der Waals surface area (Å²) < 4.78 is 5.04. The smallest absolute Gasteiger partial charge is 0.0587 e. The average Bonchev–Trinajstić information content (AvgIpc) is 2.34. The molecule has 0 aromatic carbocycles. The van der Waals surface area contributed by atoms with E-state index in [4.69, 9.17) is 4.74 Å². The number of methoxy groups -OCH3 is 1. The molecular formula is C14H32N2O. The minimum atomic E-state index is 0.630. The molecule has 3 nitrogen and oxygen atoms in total. The number of hydrogen-bond donors (Lipinski definition) is 1. The summed E-state index contributed by atoms with van der Waals surface area (Å²) in [6, 6.07) is 0.630. The first-order valence-electron chi connectivity index (χ1n) is 7.19. The van der Waals surface area contributed by atoms with E-state index in [-0.39, 0.29) is 0 Å². The fourth-order valence-corrected chi connectivity index (χ4v) is 1.89. The van der Waals surface area contributed by atoms with Crippen LogP contribution in [0.5, 0.6) is 0 Å². The maximum absolute atomic E-state index is 5.04. The lowest BCUT2D eigenvalue weighted by Gasteiger charge is -2.29. The highest BCUT2D eigenvalue weighted by atomic mass is 16.5. The Bertz CT molecular complexity index is 145. The van der Waals surface area contributed by atoms with Crippen LogP contribution in [0.4, 0.5) is 0 Å². The van der Waals surface area contributed by atoms with Crippen LogP contribution in [0.1, 0.15) is 46.5 Å². The molecule has 0 aliphatic carbocycles. The van der Waals surface area contributed by atoms with Gasteiger partial charge in [-0.15, -0.1) is 0 Å². The SMILES string of the molecule is CCCCN(CCCC)C(C)CNCCOC. The van der Waals surface area contributed by atoms with Gasteiger partial charge >= 0.3 is 0 Å². The van der Waals surface area contributed by atoms with E-state index in [0.717, 1.165) is 19.7 Å². The minimum absolute atomic E-state index is 0.630. The van der Waals surface area contributed by atoms with Crippen LogP contribution in [-0.4, -0.2) is 50.8 Å². The standard InChI is InChI=1S/C14H32N2O/c1-5-7-10-16(11-8-6-2)14(3)13-15-9-12-17-4/h14-15H,5-13H2,1-4H3. The second-order valence-corrected chi connectivity index (χ2v) is 4.79. The molecule has 1 unspecified atom stereocenters. The number of ether oxygens (including phenoxy) is 1. The van der Waals surface area contributed by atoms with Gasteiger partial charge in [0, 0.05) is 26.2 Å². The molecule has 104 valence electrons. The third-order valence-corrected chi connectivity index (χ3v) is 3.14. The molecule has 0 spiro atoms. The van der Waals surface area contributed by atoms with Gasteiger partial charge in [-0.25, -0.2) is 0 Å². The average molecular weight is 244 g/mol. The van der Waals surface area contributed by atoms with Crippen LogP contribution in [0.2, 0.25) is 0 Å². The zero-order chi connectivity index (χ0) is 12.9. The number of hydrogen-bond acceptors (Lipinski definition) is 3. The minimum Gasteiger partial charge on any atom is -0.383 e. The van der Waals surface area contributed by atoms with E-state index in [2.05, 4.69) is 31.0 Å². The van der Waals surface area contributed by atoms with E-state index in [1.165, 1.54) is 38.8 Å². The van der Waals surface area contributed by atoms with Crippen molar-refractivity contribution in [1.82, 2.24) is 10.2 Å². The number of unbranched alkanes of at least 4 members (excludes halogenated alkanes) is 2. The van der Waals surface area contributed by atoms with Crippen molar-refractivity contribution in [2.75, 3.05) is 39.9 Å². The Balaban J connectivity index is 3.80. The van der Waals surface area contributed by atoms with E-state index in [0.29, 0.717) is 6.04 Å². The fourth-order valence-electron chi connectivity index (χ4n) is 1.89. The molecule has 0 aliphatic rings. The van der Waals surface area contributed by atoms with Gasteiger partial charge in [-0.05, 0) is 32.9 Å². The molecule has 0 amide bonds. The van der Waals surface area contributed by atoms with E-state index < -0.39 is 0 Å². The lowest BCUT2D eigenvalue weighted by atomic mass is 10.2.